The molecule has 0 saturated heterocycles. The van der Waals surface area contributed by atoms with Crippen molar-refractivity contribution >= 4 is 15.9 Å². The normalized spacial score (nSPS) is 10.8. The summed E-state index contributed by atoms with van der Waals surface area (Å²) in [7, 11) is 0. The molecule has 0 saturated carbocycles. The molecule has 0 fully saturated rings. The molecule has 1 aromatic rings. The first kappa shape index (κ1) is 10.8. The van der Waals surface area contributed by atoms with Gasteiger partial charge in [0.2, 0.25) is 0 Å². The fourth-order valence-corrected chi connectivity index (χ4v) is 1.14. The van der Waals surface area contributed by atoms with Crippen molar-refractivity contribution in [3.8, 4) is 11.8 Å². The molecule has 1 heterocycles. The second-order valence-corrected chi connectivity index (χ2v) is 2.89. The largest absolute Gasteiger partial charge is 0.573 e. The Labute approximate surface area is 85.3 Å². The molecule has 1 aromatic heterocycles. The number of nitrogens with zero attached hydrogens (tertiary/aromatic N) is 2. The van der Waals surface area contributed by atoms with E-state index in [1.165, 1.54) is 6.20 Å². The second-order valence-electron chi connectivity index (χ2n) is 2.14. The van der Waals surface area contributed by atoms with Crippen molar-refractivity contribution in [2.75, 3.05) is 0 Å². The zero-order chi connectivity index (χ0) is 10.8. The van der Waals surface area contributed by atoms with E-state index in [0.717, 1.165) is 6.07 Å². The Kier molecular flexibility index (Phi) is 2.96. The summed E-state index contributed by atoms with van der Waals surface area (Å²) in [5.41, 5.74) is -0.232. The van der Waals surface area contributed by atoms with Crippen LogP contribution in [-0.4, -0.2) is 11.3 Å². The fraction of sp³-hybridized carbons (Fsp3) is 0.143. The Morgan fingerprint density at radius 2 is 2.14 bits per heavy atom. The third-order valence-corrected chi connectivity index (χ3v) is 1.76. The van der Waals surface area contributed by atoms with Crippen LogP contribution in [0.4, 0.5) is 13.2 Å². The molecule has 0 bridgehead atoms. The van der Waals surface area contributed by atoms with E-state index in [-0.39, 0.29) is 10.2 Å². The summed E-state index contributed by atoms with van der Waals surface area (Å²) in [4.78, 5) is 3.51. The minimum atomic E-state index is -4.84. The second kappa shape index (κ2) is 3.84. The summed E-state index contributed by atoms with van der Waals surface area (Å²) >= 11 is 2.75. The van der Waals surface area contributed by atoms with Crippen molar-refractivity contribution in [2.45, 2.75) is 6.36 Å². The van der Waals surface area contributed by atoms with Crippen molar-refractivity contribution in [1.29, 1.82) is 5.26 Å². The first-order valence-corrected chi connectivity index (χ1v) is 4.03. The predicted molar refractivity (Wildman–Crippen MR) is 43.3 cm³/mol. The van der Waals surface area contributed by atoms with Crippen LogP contribution in [0.25, 0.3) is 0 Å². The Balaban J connectivity index is 3.13. The molecule has 0 unspecified atom stereocenters. The maximum Gasteiger partial charge on any atom is 0.573 e. The summed E-state index contributed by atoms with van der Waals surface area (Å²) < 4.78 is 39.0. The summed E-state index contributed by atoms with van der Waals surface area (Å²) in [5.74, 6) is -0.623. The average molecular weight is 267 g/mol. The van der Waals surface area contributed by atoms with E-state index in [0.29, 0.717) is 0 Å². The number of alkyl halides is 3. The van der Waals surface area contributed by atoms with Gasteiger partial charge in [-0.25, -0.2) is 4.98 Å². The number of hydrogen-bond donors (Lipinski definition) is 0. The lowest BCUT2D eigenvalue weighted by atomic mass is 10.3. The summed E-state index contributed by atoms with van der Waals surface area (Å²) in [6.45, 7) is 0. The van der Waals surface area contributed by atoms with Crippen molar-refractivity contribution in [2.24, 2.45) is 0 Å². The monoisotopic (exact) mass is 266 g/mol. The van der Waals surface area contributed by atoms with Gasteiger partial charge in [-0.15, -0.1) is 13.2 Å². The van der Waals surface area contributed by atoms with Crippen LogP contribution in [0.2, 0.25) is 0 Å². The summed E-state index contributed by atoms with van der Waals surface area (Å²) in [5, 5.41) is 8.49. The van der Waals surface area contributed by atoms with E-state index in [1.807, 2.05) is 0 Å². The van der Waals surface area contributed by atoms with E-state index < -0.39 is 12.1 Å². The van der Waals surface area contributed by atoms with Gasteiger partial charge in [0.25, 0.3) is 0 Å². The molecule has 3 nitrogen and oxygen atoms in total. The van der Waals surface area contributed by atoms with Crippen molar-refractivity contribution in [3.63, 3.8) is 0 Å². The highest BCUT2D eigenvalue weighted by atomic mass is 79.9. The molecule has 0 atom stereocenters. The Bertz CT molecular complexity index is 386. The highest BCUT2D eigenvalue weighted by Gasteiger charge is 2.33. The highest BCUT2D eigenvalue weighted by Crippen LogP contribution is 2.31. The van der Waals surface area contributed by atoms with Gasteiger partial charge in [-0.2, -0.15) is 5.26 Å². The topological polar surface area (TPSA) is 45.9 Å². The molecule has 0 aliphatic rings. The van der Waals surface area contributed by atoms with Gasteiger partial charge in [0.05, 0.1) is 5.56 Å². The van der Waals surface area contributed by atoms with E-state index in [1.54, 1.807) is 6.07 Å². The van der Waals surface area contributed by atoms with Crippen molar-refractivity contribution in [1.82, 2.24) is 4.98 Å². The third-order valence-electron chi connectivity index (χ3n) is 1.20. The Morgan fingerprint density at radius 3 is 2.64 bits per heavy atom. The minimum absolute atomic E-state index is 0.158. The number of ether oxygens (including phenoxy) is 1. The van der Waals surface area contributed by atoms with Crippen LogP contribution in [-0.2, 0) is 0 Å². The molecule has 0 amide bonds. The van der Waals surface area contributed by atoms with Crippen LogP contribution in [0.3, 0.4) is 0 Å². The smallest absolute Gasteiger partial charge is 0.401 e. The first-order valence-electron chi connectivity index (χ1n) is 3.24. The van der Waals surface area contributed by atoms with E-state index in [4.69, 9.17) is 5.26 Å². The van der Waals surface area contributed by atoms with Crippen LogP contribution < -0.4 is 4.74 Å². The zero-order valence-electron chi connectivity index (χ0n) is 6.47. The van der Waals surface area contributed by atoms with Crippen molar-refractivity contribution < 1.29 is 17.9 Å². The predicted octanol–water partition coefficient (Wildman–Crippen LogP) is 2.61. The molecule has 0 spiro atoms. The van der Waals surface area contributed by atoms with Crippen LogP contribution in [0.1, 0.15) is 5.56 Å². The molecule has 0 aromatic carbocycles. The van der Waals surface area contributed by atoms with Gasteiger partial charge in [-0.05, 0) is 22.0 Å². The highest BCUT2D eigenvalue weighted by molar-refractivity contribution is 9.10. The number of aromatic nitrogens is 1. The van der Waals surface area contributed by atoms with Gasteiger partial charge in [-0.3, -0.25) is 0 Å². The lowest BCUT2D eigenvalue weighted by molar-refractivity contribution is -0.275. The first-order chi connectivity index (χ1) is 6.44. The lowest BCUT2D eigenvalue weighted by Crippen LogP contribution is -2.18. The number of pyridine rings is 1. The number of halogens is 4. The summed E-state index contributed by atoms with van der Waals surface area (Å²) in [6, 6.07) is 2.69. The molecule has 0 aliphatic carbocycles. The number of rotatable bonds is 1. The van der Waals surface area contributed by atoms with E-state index in [9.17, 15) is 13.2 Å². The van der Waals surface area contributed by atoms with E-state index >= 15 is 0 Å². The SMILES string of the molecule is N#Cc1ccnc(Br)c1OC(F)(F)F. The quantitative estimate of drug-likeness (QED) is 0.734. The van der Waals surface area contributed by atoms with Gasteiger partial charge in [0, 0.05) is 6.20 Å². The number of nitriles is 1. The standard InChI is InChI=1S/C7H2BrF3N2O/c8-6-5(14-7(9,10)11)4(3-12)1-2-13-6/h1-2H. The summed E-state index contributed by atoms with van der Waals surface area (Å²) in [6.07, 6.45) is -3.64. The lowest BCUT2D eigenvalue weighted by Gasteiger charge is -2.10. The molecule has 0 N–H and O–H groups in total. The molecule has 1 rings (SSSR count). The fourth-order valence-electron chi connectivity index (χ4n) is 0.724. The van der Waals surface area contributed by atoms with Gasteiger partial charge in [-0.1, -0.05) is 0 Å². The molecule has 7 heteroatoms. The van der Waals surface area contributed by atoms with Gasteiger partial charge >= 0.3 is 6.36 Å². The molecular formula is C7H2BrF3N2O. The van der Waals surface area contributed by atoms with Gasteiger partial charge in [0.1, 0.15) is 10.7 Å². The van der Waals surface area contributed by atoms with Crippen LogP contribution in [0, 0.1) is 11.3 Å². The zero-order valence-corrected chi connectivity index (χ0v) is 8.06. The van der Waals surface area contributed by atoms with Gasteiger partial charge in [0.15, 0.2) is 5.75 Å². The maximum atomic E-state index is 11.9. The molecule has 74 valence electrons. The average Bonchev–Trinajstić information content (AvgIpc) is 2.06. The molecular weight excluding hydrogens is 265 g/mol. The Hall–Kier alpha value is -1.29. The maximum absolute atomic E-state index is 11.9. The Morgan fingerprint density at radius 1 is 1.50 bits per heavy atom. The molecule has 0 radical (unpaired) electrons. The third kappa shape index (κ3) is 2.60. The van der Waals surface area contributed by atoms with E-state index in [2.05, 4.69) is 25.7 Å². The van der Waals surface area contributed by atoms with Crippen LogP contribution >= 0.6 is 15.9 Å². The van der Waals surface area contributed by atoms with Crippen LogP contribution in [0.5, 0.6) is 5.75 Å². The molecule has 14 heavy (non-hydrogen) atoms. The van der Waals surface area contributed by atoms with Crippen LogP contribution in [0.15, 0.2) is 16.9 Å². The number of hydrogen-bond acceptors (Lipinski definition) is 3. The molecule has 0 aliphatic heterocycles. The van der Waals surface area contributed by atoms with Gasteiger partial charge < -0.3 is 4.74 Å². The van der Waals surface area contributed by atoms with Crippen molar-refractivity contribution in [3.05, 3.63) is 22.4 Å². The minimum Gasteiger partial charge on any atom is -0.401 e.